The molecule has 0 spiro atoms. The standard InChI is InChI=1S/C19H15Cl2NO2S2/c1-2-24-18(23)17(12-6-4-3-5-7-12)26-19-22-16(11-25-19)14-9-8-13(20)10-15(14)21/h3-11,17H,2H2,1H3. The zero-order valence-electron chi connectivity index (χ0n) is 13.8. The highest BCUT2D eigenvalue weighted by Gasteiger charge is 2.25. The van der Waals surface area contributed by atoms with Crippen molar-refractivity contribution in [3.8, 4) is 11.3 Å². The summed E-state index contributed by atoms with van der Waals surface area (Å²) in [6.07, 6.45) is 0. The molecule has 3 aromatic rings. The van der Waals surface area contributed by atoms with E-state index in [1.807, 2.05) is 41.8 Å². The van der Waals surface area contributed by atoms with Crippen LogP contribution in [0.2, 0.25) is 10.0 Å². The molecule has 0 fully saturated rings. The van der Waals surface area contributed by atoms with Crippen LogP contribution >= 0.6 is 46.3 Å². The molecular weight excluding hydrogens is 409 g/mol. The number of hydrogen-bond acceptors (Lipinski definition) is 5. The molecule has 134 valence electrons. The fraction of sp³-hybridized carbons (Fsp3) is 0.158. The van der Waals surface area contributed by atoms with Crippen molar-refractivity contribution in [3.05, 3.63) is 69.5 Å². The van der Waals surface area contributed by atoms with Gasteiger partial charge >= 0.3 is 5.97 Å². The second-order valence-electron chi connectivity index (χ2n) is 5.28. The van der Waals surface area contributed by atoms with Crippen LogP contribution in [-0.2, 0) is 9.53 Å². The molecule has 7 heteroatoms. The third kappa shape index (κ3) is 4.60. The van der Waals surface area contributed by atoms with Gasteiger partial charge in [0.25, 0.3) is 0 Å². The van der Waals surface area contributed by atoms with Gasteiger partial charge in [-0.1, -0.05) is 65.3 Å². The number of carbonyl (C=O) groups is 1. The van der Waals surface area contributed by atoms with Crippen molar-refractivity contribution >= 4 is 52.3 Å². The van der Waals surface area contributed by atoms with Crippen LogP contribution in [0.3, 0.4) is 0 Å². The molecule has 0 bridgehead atoms. The van der Waals surface area contributed by atoms with Gasteiger partial charge in [-0.25, -0.2) is 4.98 Å². The maximum atomic E-state index is 12.4. The molecule has 0 aliphatic carbocycles. The van der Waals surface area contributed by atoms with Crippen LogP contribution in [0.15, 0.2) is 58.3 Å². The predicted molar refractivity (Wildman–Crippen MR) is 109 cm³/mol. The van der Waals surface area contributed by atoms with Crippen molar-refractivity contribution in [2.75, 3.05) is 6.61 Å². The number of carbonyl (C=O) groups excluding carboxylic acids is 1. The highest BCUT2D eigenvalue weighted by molar-refractivity contribution is 8.01. The van der Waals surface area contributed by atoms with Crippen LogP contribution in [-0.4, -0.2) is 17.6 Å². The fourth-order valence-corrected chi connectivity index (χ4v) is 4.85. The molecular formula is C19H15Cl2NO2S2. The highest BCUT2D eigenvalue weighted by Crippen LogP contribution is 2.40. The molecule has 1 heterocycles. The molecule has 2 aromatic carbocycles. The maximum Gasteiger partial charge on any atom is 0.324 e. The Morgan fingerprint density at radius 1 is 1.23 bits per heavy atom. The minimum Gasteiger partial charge on any atom is -0.465 e. The summed E-state index contributed by atoms with van der Waals surface area (Å²) in [6.45, 7) is 2.14. The number of halogens is 2. The number of rotatable bonds is 6. The van der Waals surface area contributed by atoms with Crippen molar-refractivity contribution < 1.29 is 9.53 Å². The zero-order valence-corrected chi connectivity index (χ0v) is 17.0. The van der Waals surface area contributed by atoms with Gasteiger partial charge in [-0.05, 0) is 30.7 Å². The molecule has 1 unspecified atom stereocenters. The van der Waals surface area contributed by atoms with Crippen LogP contribution < -0.4 is 0 Å². The normalized spacial score (nSPS) is 12.0. The lowest BCUT2D eigenvalue weighted by molar-refractivity contribution is -0.142. The first-order valence-electron chi connectivity index (χ1n) is 7.87. The summed E-state index contributed by atoms with van der Waals surface area (Å²) in [5.41, 5.74) is 2.46. The molecule has 0 amide bonds. The number of benzene rings is 2. The van der Waals surface area contributed by atoms with Crippen LogP contribution in [0.5, 0.6) is 0 Å². The van der Waals surface area contributed by atoms with Gasteiger partial charge in [0.1, 0.15) is 5.25 Å². The Morgan fingerprint density at radius 2 is 2.00 bits per heavy atom. The number of nitrogens with zero attached hydrogens (tertiary/aromatic N) is 1. The molecule has 0 N–H and O–H groups in total. The van der Waals surface area contributed by atoms with E-state index >= 15 is 0 Å². The van der Waals surface area contributed by atoms with Gasteiger partial charge in [0.2, 0.25) is 0 Å². The van der Waals surface area contributed by atoms with E-state index in [0.717, 1.165) is 21.2 Å². The molecule has 0 aliphatic heterocycles. The second kappa shape index (κ2) is 8.91. The van der Waals surface area contributed by atoms with E-state index in [-0.39, 0.29) is 5.97 Å². The second-order valence-corrected chi connectivity index (χ2v) is 8.34. The van der Waals surface area contributed by atoms with E-state index < -0.39 is 5.25 Å². The molecule has 0 saturated heterocycles. The average molecular weight is 424 g/mol. The lowest BCUT2D eigenvalue weighted by atomic mass is 10.1. The molecule has 26 heavy (non-hydrogen) atoms. The maximum absolute atomic E-state index is 12.4. The smallest absolute Gasteiger partial charge is 0.324 e. The van der Waals surface area contributed by atoms with Crippen molar-refractivity contribution in [1.82, 2.24) is 4.98 Å². The average Bonchev–Trinajstić information content (AvgIpc) is 3.09. The molecule has 1 aromatic heterocycles. The Morgan fingerprint density at radius 3 is 2.69 bits per heavy atom. The number of ether oxygens (including phenoxy) is 1. The van der Waals surface area contributed by atoms with Crippen molar-refractivity contribution in [2.45, 2.75) is 16.5 Å². The first-order valence-corrected chi connectivity index (χ1v) is 10.4. The van der Waals surface area contributed by atoms with Gasteiger partial charge < -0.3 is 4.74 Å². The van der Waals surface area contributed by atoms with Gasteiger partial charge in [-0.3, -0.25) is 4.79 Å². The monoisotopic (exact) mass is 423 g/mol. The first-order chi connectivity index (χ1) is 12.6. The zero-order chi connectivity index (χ0) is 18.5. The lowest BCUT2D eigenvalue weighted by Crippen LogP contribution is -2.13. The Labute approximate surface area is 170 Å². The van der Waals surface area contributed by atoms with Gasteiger partial charge in [0, 0.05) is 16.0 Å². The molecule has 0 aliphatic rings. The Kier molecular flexibility index (Phi) is 6.59. The van der Waals surface area contributed by atoms with E-state index in [0.29, 0.717) is 16.7 Å². The molecule has 0 radical (unpaired) electrons. The summed E-state index contributed by atoms with van der Waals surface area (Å²) in [5, 5.41) is 2.58. The van der Waals surface area contributed by atoms with Gasteiger partial charge in [-0.2, -0.15) is 0 Å². The summed E-state index contributed by atoms with van der Waals surface area (Å²) in [4.78, 5) is 17.0. The van der Waals surface area contributed by atoms with Crippen LogP contribution in [0, 0.1) is 0 Å². The van der Waals surface area contributed by atoms with Crippen molar-refractivity contribution in [2.24, 2.45) is 0 Å². The quantitative estimate of drug-likeness (QED) is 0.334. The summed E-state index contributed by atoms with van der Waals surface area (Å²) >= 11 is 15.1. The SMILES string of the molecule is CCOC(=O)C(Sc1nc(-c2ccc(Cl)cc2Cl)cs1)c1ccccc1. The van der Waals surface area contributed by atoms with E-state index in [1.54, 1.807) is 19.1 Å². The number of thiazole rings is 1. The summed E-state index contributed by atoms with van der Waals surface area (Å²) in [6, 6.07) is 14.9. The van der Waals surface area contributed by atoms with E-state index in [9.17, 15) is 4.79 Å². The summed E-state index contributed by atoms with van der Waals surface area (Å²) in [5.74, 6) is -0.273. The number of aromatic nitrogens is 1. The van der Waals surface area contributed by atoms with Crippen LogP contribution in [0.4, 0.5) is 0 Å². The Balaban J connectivity index is 1.86. The summed E-state index contributed by atoms with van der Waals surface area (Å²) in [7, 11) is 0. The first kappa shape index (κ1) is 19.2. The third-order valence-corrected chi connectivity index (χ3v) is 6.26. The van der Waals surface area contributed by atoms with Crippen LogP contribution in [0.1, 0.15) is 17.7 Å². The van der Waals surface area contributed by atoms with Gasteiger partial charge in [0.15, 0.2) is 4.34 Å². The largest absolute Gasteiger partial charge is 0.465 e. The number of thioether (sulfide) groups is 1. The number of hydrogen-bond donors (Lipinski definition) is 0. The fourth-order valence-electron chi connectivity index (χ4n) is 2.33. The Bertz CT molecular complexity index is 900. The molecule has 3 rings (SSSR count). The molecule has 3 nitrogen and oxygen atoms in total. The molecule has 1 atom stereocenters. The highest BCUT2D eigenvalue weighted by atomic mass is 35.5. The molecule has 0 saturated carbocycles. The lowest BCUT2D eigenvalue weighted by Gasteiger charge is -2.14. The van der Waals surface area contributed by atoms with Crippen LogP contribution in [0.25, 0.3) is 11.3 Å². The topological polar surface area (TPSA) is 39.2 Å². The number of esters is 1. The van der Waals surface area contributed by atoms with Crippen molar-refractivity contribution in [1.29, 1.82) is 0 Å². The van der Waals surface area contributed by atoms with Gasteiger partial charge in [0.05, 0.1) is 17.3 Å². The predicted octanol–water partition coefficient (Wildman–Crippen LogP) is 6.51. The summed E-state index contributed by atoms with van der Waals surface area (Å²) < 4.78 is 6.01. The van der Waals surface area contributed by atoms with E-state index in [1.165, 1.54) is 23.1 Å². The third-order valence-electron chi connectivity index (χ3n) is 3.51. The van der Waals surface area contributed by atoms with E-state index in [4.69, 9.17) is 27.9 Å². The van der Waals surface area contributed by atoms with Crippen molar-refractivity contribution in [3.63, 3.8) is 0 Å². The minimum atomic E-state index is -0.462. The van der Waals surface area contributed by atoms with Gasteiger partial charge in [-0.15, -0.1) is 11.3 Å². The van der Waals surface area contributed by atoms with E-state index in [2.05, 4.69) is 4.98 Å². The Hall–Kier alpha value is -1.53. The minimum absolute atomic E-state index is 0.273.